The first-order valence-corrected chi connectivity index (χ1v) is 5.30. The molecule has 13 heavy (non-hydrogen) atoms. The number of amides is 1. The van der Waals surface area contributed by atoms with E-state index in [1.165, 1.54) is 25.7 Å². The van der Waals surface area contributed by atoms with E-state index in [1.807, 2.05) is 0 Å². The highest BCUT2D eigenvalue weighted by Gasteiger charge is 2.14. The zero-order chi connectivity index (χ0) is 9.52. The van der Waals surface area contributed by atoms with Crippen molar-refractivity contribution in [2.45, 2.75) is 31.8 Å². The Bertz CT molecular complexity index is 158. The van der Waals surface area contributed by atoms with Crippen molar-refractivity contribution < 1.29 is 9.53 Å². The van der Waals surface area contributed by atoms with Gasteiger partial charge in [0.15, 0.2) is 0 Å². The van der Waals surface area contributed by atoms with Gasteiger partial charge in [-0.3, -0.25) is 4.79 Å². The minimum absolute atomic E-state index is 0.0312. The largest absolute Gasteiger partial charge is 0.376 e. The maximum absolute atomic E-state index is 10.7. The highest BCUT2D eigenvalue weighted by atomic mass is 35.5. The number of nitrogens with one attached hydrogen (secondary N) is 1. The quantitative estimate of drug-likeness (QED) is 0.543. The summed E-state index contributed by atoms with van der Waals surface area (Å²) in [7, 11) is 0. The Morgan fingerprint density at radius 3 is 2.77 bits per heavy atom. The molecule has 0 spiro atoms. The van der Waals surface area contributed by atoms with Gasteiger partial charge in [0.05, 0.1) is 12.7 Å². The molecular weight excluding hydrogens is 190 g/mol. The Kier molecular flexibility index (Phi) is 5.16. The zero-order valence-corrected chi connectivity index (χ0v) is 8.48. The first-order valence-electron chi connectivity index (χ1n) is 4.77. The average molecular weight is 206 g/mol. The standard InChI is InChI=1S/C9H16ClNO2/c10-7-9(12)11-5-6-13-8-3-1-2-4-8/h8H,1-7H2,(H,11,12). The van der Waals surface area contributed by atoms with Crippen molar-refractivity contribution in [1.82, 2.24) is 5.32 Å². The van der Waals surface area contributed by atoms with Crippen LogP contribution in [-0.2, 0) is 9.53 Å². The molecule has 0 bridgehead atoms. The molecule has 0 aliphatic heterocycles. The van der Waals surface area contributed by atoms with E-state index < -0.39 is 0 Å². The maximum Gasteiger partial charge on any atom is 0.235 e. The van der Waals surface area contributed by atoms with Crippen LogP contribution in [0.5, 0.6) is 0 Å². The predicted octanol–water partition coefficient (Wildman–Crippen LogP) is 1.30. The van der Waals surface area contributed by atoms with E-state index in [2.05, 4.69) is 5.32 Å². The van der Waals surface area contributed by atoms with Gasteiger partial charge in [0, 0.05) is 6.54 Å². The molecule has 0 unspecified atom stereocenters. The topological polar surface area (TPSA) is 38.3 Å². The summed E-state index contributed by atoms with van der Waals surface area (Å²) in [5.41, 5.74) is 0. The van der Waals surface area contributed by atoms with E-state index in [0.717, 1.165) is 0 Å². The molecule has 0 aromatic rings. The summed E-state index contributed by atoms with van der Waals surface area (Å²) in [5, 5.41) is 2.66. The minimum atomic E-state index is -0.128. The van der Waals surface area contributed by atoms with Gasteiger partial charge in [0.1, 0.15) is 5.88 Å². The monoisotopic (exact) mass is 205 g/mol. The molecular formula is C9H16ClNO2. The number of ether oxygens (including phenoxy) is 1. The molecule has 0 aromatic carbocycles. The Labute approximate surface area is 83.8 Å². The molecule has 1 N–H and O–H groups in total. The van der Waals surface area contributed by atoms with Gasteiger partial charge in [-0.05, 0) is 12.8 Å². The molecule has 4 heteroatoms. The van der Waals surface area contributed by atoms with Crippen LogP contribution in [0.1, 0.15) is 25.7 Å². The number of carbonyl (C=O) groups excluding carboxylic acids is 1. The normalized spacial score (nSPS) is 17.6. The van der Waals surface area contributed by atoms with Gasteiger partial charge in [0.2, 0.25) is 5.91 Å². The summed E-state index contributed by atoms with van der Waals surface area (Å²) in [5.74, 6) is -0.0969. The van der Waals surface area contributed by atoms with Gasteiger partial charge in [-0.25, -0.2) is 0 Å². The van der Waals surface area contributed by atoms with Crippen molar-refractivity contribution in [3.63, 3.8) is 0 Å². The van der Waals surface area contributed by atoms with Crippen LogP contribution in [0.2, 0.25) is 0 Å². The number of carbonyl (C=O) groups is 1. The first-order chi connectivity index (χ1) is 6.33. The molecule has 0 saturated heterocycles. The van der Waals surface area contributed by atoms with E-state index in [1.54, 1.807) is 0 Å². The molecule has 1 aliphatic rings. The number of hydrogen-bond donors (Lipinski definition) is 1. The fourth-order valence-electron chi connectivity index (χ4n) is 1.52. The van der Waals surface area contributed by atoms with Crippen molar-refractivity contribution in [3.8, 4) is 0 Å². The van der Waals surface area contributed by atoms with Crippen LogP contribution in [0.4, 0.5) is 0 Å². The van der Waals surface area contributed by atoms with Gasteiger partial charge in [-0.15, -0.1) is 11.6 Å². The lowest BCUT2D eigenvalue weighted by molar-refractivity contribution is -0.119. The van der Waals surface area contributed by atoms with Crippen LogP contribution >= 0.6 is 11.6 Å². The zero-order valence-electron chi connectivity index (χ0n) is 7.72. The lowest BCUT2D eigenvalue weighted by Gasteiger charge is -2.10. The van der Waals surface area contributed by atoms with E-state index >= 15 is 0 Å². The summed E-state index contributed by atoms with van der Waals surface area (Å²) < 4.78 is 5.54. The smallest absolute Gasteiger partial charge is 0.235 e. The maximum atomic E-state index is 10.7. The van der Waals surface area contributed by atoms with E-state index in [9.17, 15) is 4.79 Å². The molecule has 1 aliphatic carbocycles. The molecule has 1 saturated carbocycles. The van der Waals surface area contributed by atoms with Crippen LogP contribution in [0.3, 0.4) is 0 Å². The molecule has 76 valence electrons. The Morgan fingerprint density at radius 1 is 1.46 bits per heavy atom. The summed E-state index contributed by atoms with van der Waals surface area (Å²) >= 11 is 5.31. The van der Waals surface area contributed by atoms with Gasteiger partial charge in [0.25, 0.3) is 0 Å². The molecule has 0 aromatic heterocycles. The fourth-order valence-corrected chi connectivity index (χ4v) is 1.61. The fraction of sp³-hybridized carbons (Fsp3) is 0.889. The number of hydrogen-bond acceptors (Lipinski definition) is 2. The van der Waals surface area contributed by atoms with E-state index in [4.69, 9.17) is 16.3 Å². The SMILES string of the molecule is O=C(CCl)NCCOC1CCCC1. The molecule has 1 rings (SSSR count). The van der Waals surface area contributed by atoms with Crippen molar-refractivity contribution in [3.05, 3.63) is 0 Å². The number of halogens is 1. The van der Waals surface area contributed by atoms with Gasteiger partial charge in [-0.1, -0.05) is 12.8 Å². The van der Waals surface area contributed by atoms with Crippen molar-refractivity contribution in [2.75, 3.05) is 19.0 Å². The van der Waals surface area contributed by atoms with Crippen LogP contribution < -0.4 is 5.32 Å². The molecule has 1 fully saturated rings. The lowest BCUT2D eigenvalue weighted by atomic mass is 10.3. The highest BCUT2D eigenvalue weighted by Crippen LogP contribution is 2.20. The summed E-state index contributed by atoms with van der Waals surface area (Å²) in [6, 6.07) is 0. The number of alkyl halides is 1. The molecule has 1 amide bonds. The molecule has 0 heterocycles. The first kappa shape index (κ1) is 10.8. The second-order valence-electron chi connectivity index (χ2n) is 3.26. The third kappa shape index (κ3) is 4.48. The Balaban J connectivity index is 1.91. The summed E-state index contributed by atoms with van der Waals surface area (Å²) in [6.07, 6.45) is 5.32. The van der Waals surface area contributed by atoms with Crippen molar-refractivity contribution in [2.24, 2.45) is 0 Å². The van der Waals surface area contributed by atoms with Crippen LogP contribution in [0.25, 0.3) is 0 Å². The third-order valence-electron chi connectivity index (χ3n) is 2.20. The molecule has 0 atom stereocenters. The van der Waals surface area contributed by atoms with Crippen LogP contribution in [-0.4, -0.2) is 31.0 Å². The molecule has 3 nitrogen and oxygen atoms in total. The highest BCUT2D eigenvalue weighted by molar-refractivity contribution is 6.27. The summed E-state index contributed by atoms with van der Waals surface area (Å²) in [4.78, 5) is 10.7. The van der Waals surface area contributed by atoms with Crippen LogP contribution in [0, 0.1) is 0 Å². The van der Waals surface area contributed by atoms with Gasteiger partial charge in [-0.2, -0.15) is 0 Å². The van der Waals surface area contributed by atoms with Gasteiger partial charge < -0.3 is 10.1 Å². The lowest BCUT2D eigenvalue weighted by Crippen LogP contribution is -2.29. The average Bonchev–Trinajstić information content (AvgIpc) is 2.64. The van der Waals surface area contributed by atoms with Crippen molar-refractivity contribution >= 4 is 17.5 Å². The minimum Gasteiger partial charge on any atom is -0.376 e. The van der Waals surface area contributed by atoms with E-state index in [0.29, 0.717) is 19.3 Å². The summed E-state index contributed by atoms with van der Waals surface area (Å²) in [6.45, 7) is 1.18. The van der Waals surface area contributed by atoms with Gasteiger partial charge >= 0.3 is 0 Å². The van der Waals surface area contributed by atoms with Crippen LogP contribution in [0.15, 0.2) is 0 Å². The Morgan fingerprint density at radius 2 is 2.15 bits per heavy atom. The predicted molar refractivity (Wildman–Crippen MR) is 51.9 cm³/mol. The van der Waals surface area contributed by atoms with Crippen molar-refractivity contribution in [1.29, 1.82) is 0 Å². The number of rotatable bonds is 5. The molecule has 0 radical (unpaired) electrons. The van der Waals surface area contributed by atoms with E-state index in [-0.39, 0.29) is 11.8 Å². The Hall–Kier alpha value is -0.280. The third-order valence-corrected chi connectivity index (χ3v) is 2.44. The second kappa shape index (κ2) is 6.22. The second-order valence-corrected chi connectivity index (χ2v) is 3.53.